The van der Waals surface area contributed by atoms with Gasteiger partial charge in [0.15, 0.2) is 11.4 Å². The van der Waals surface area contributed by atoms with Crippen LogP contribution < -0.4 is 4.74 Å². The molecule has 1 aliphatic heterocycles. The van der Waals surface area contributed by atoms with Crippen LogP contribution in [0.1, 0.15) is 39.3 Å². The smallest absolute Gasteiger partial charge is 0.410 e. The Hall–Kier alpha value is -1.52. The number of likely N-dealkylation sites (tertiary alicyclic amines) is 1. The first kappa shape index (κ1) is 19.8. The molecule has 0 saturated carbocycles. The van der Waals surface area contributed by atoms with E-state index < -0.39 is 5.60 Å². The number of nitrogens with zero attached hydrogens (tertiary/aromatic N) is 3. The van der Waals surface area contributed by atoms with Gasteiger partial charge in [0.1, 0.15) is 16.8 Å². The summed E-state index contributed by atoms with van der Waals surface area (Å²) in [7, 11) is 0. The topological polar surface area (TPSA) is 75.4 Å². The zero-order valence-electron chi connectivity index (χ0n) is 14.5. The van der Waals surface area contributed by atoms with Gasteiger partial charge < -0.3 is 14.4 Å². The third kappa shape index (κ3) is 5.75. The van der Waals surface area contributed by atoms with Gasteiger partial charge in [-0.15, -0.1) is 0 Å². The van der Waals surface area contributed by atoms with E-state index in [1.807, 2.05) is 26.8 Å². The average Bonchev–Trinajstić information content (AvgIpc) is 2.54. The second-order valence-electron chi connectivity index (χ2n) is 6.97. The lowest BCUT2D eigenvalue weighted by Crippen LogP contribution is -2.44. The lowest BCUT2D eigenvalue weighted by molar-refractivity contribution is 0.0139. The first-order valence-corrected chi connectivity index (χ1v) is 9.23. The van der Waals surface area contributed by atoms with Crippen LogP contribution in [0.3, 0.4) is 0 Å². The summed E-state index contributed by atoms with van der Waals surface area (Å²) in [6.07, 6.45) is 1.54. The van der Waals surface area contributed by atoms with Crippen LogP contribution >= 0.6 is 27.5 Å². The molecule has 0 N–H and O–H groups in total. The van der Waals surface area contributed by atoms with Crippen molar-refractivity contribution in [1.29, 1.82) is 5.26 Å². The number of pyridine rings is 1. The summed E-state index contributed by atoms with van der Waals surface area (Å²) in [6, 6.07) is 3.62. The maximum Gasteiger partial charge on any atom is 0.410 e. The summed E-state index contributed by atoms with van der Waals surface area (Å²) in [4.78, 5) is 17.9. The molecule has 1 aliphatic rings. The molecule has 6 nitrogen and oxygen atoms in total. The number of carbonyl (C=O) groups excluding carboxylic acids is 1. The third-order valence-corrected chi connectivity index (χ3v) is 4.77. The van der Waals surface area contributed by atoms with Gasteiger partial charge in [0.25, 0.3) is 0 Å². The Morgan fingerprint density at radius 3 is 2.92 bits per heavy atom. The Bertz CT molecular complexity index is 685. The van der Waals surface area contributed by atoms with Crippen molar-refractivity contribution in [2.75, 3.05) is 19.7 Å². The maximum absolute atomic E-state index is 12.2. The Kier molecular flexibility index (Phi) is 6.53. The minimum Gasteiger partial charge on any atom is -0.490 e. The van der Waals surface area contributed by atoms with Gasteiger partial charge in [0.2, 0.25) is 0 Å². The van der Waals surface area contributed by atoms with Gasteiger partial charge in [-0.1, -0.05) is 11.6 Å². The molecule has 0 radical (unpaired) electrons. The Morgan fingerprint density at radius 2 is 2.28 bits per heavy atom. The van der Waals surface area contributed by atoms with Crippen molar-refractivity contribution in [3.63, 3.8) is 0 Å². The Labute approximate surface area is 161 Å². The van der Waals surface area contributed by atoms with E-state index in [0.29, 0.717) is 29.9 Å². The number of hydrogen-bond acceptors (Lipinski definition) is 5. The van der Waals surface area contributed by atoms with Gasteiger partial charge in [-0.3, -0.25) is 0 Å². The molecule has 0 aliphatic carbocycles. The fraction of sp³-hybridized carbons (Fsp3) is 0.588. The van der Waals surface area contributed by atoms with Crippen molar-refractivity contribution in [3.8, 4) is 11.8 Å². The molecule has 2 rings (SSSR count). The molecule has 1 aromatic rings. The standard InChI is InChI=1S/C17H21BrClN3O3/c1-17(2,3)25-16(23)22-6-4-5-11(9-22)10-24-14-7-12(18)15(19)21-13(14)8-20/h7,11H,4-6,9-10H2,1-3H3. The van der Waals surface area contributed by atoms with Gasteiger partial charge in [0.05, 0.1) is 11.1 Å². The minimum absolute atomic E-state index is 0.146. The monoisotopic (exact) mass is 429 g/mol. The van der Waals surface area contributed by atoms with Crippen LogP contribution in [-0.4, -0.2) is 41.3 Å². The SMILES string of the molecule is CC(C)(C)OC(=O)N1CCCC(COc2cc(Br)c(Cl)nc2C#N)C1. The number of nitriles is 1. The molecule has 1 saturated heterocycles. The Morgan fingerprint density at radius 1 is 1.56 bits per heavy atom. The van der Waals surface area contributed by atoms with E-state index >= 15 is 0 Å². The van der Waals surface area contributed by atoms with Crippen LogP contribution in [0.15, 0.2) is 10.5 Å². The molecule has 8 heteroatoms. The zero-order chi connectivity index (χ0) is 18.6. The van der Waals surface area contributed by atoms with E-state index in [9.17, 15) is 4.79 Å². The number of piperidine rings is 1. The predicted octanol–water partition coefficient (Wildman–Crippen LogP) is 4.40. The quantitative estimate of drug-likeness (QED) is 0.665. The van der Waals surface area contributed by atoms with E-state index in [4.69, 9.17) is 26.3 Å². The molecule has 136 valence electrons. The van der Waals surface area contributed by atoms with E-state index in [-0.39, 0.29) is 22.9 Å². The molecule has 2 heterocycles. The number of rotatable bonds is 3. The van der Waals surface area contributed by atoms with Crippen molar-refractivity contribution < 1.29 is 14.3 Å². The molecule has 0 spiro atoms. The van der Waals surface area contributed by atoms with Gasteiger partial charge in [-0.25, -0.2) is 9.78 Å². The highest BCUT2D eigenvalue weighted by molar-refractivity contribution is 9.10. The van der Waals surface area contributed by atoms with E-state index in [1.165, 1.54) is 0 Å². The fourth-order valence-corrected chi connectivity index (χ4v) is 2.98. The number of amides is 1. The van der Waals surface area contributed by atoms with Gasteiger partial charge in [0, 0.05) is 25.1 Å². The summed E-state index contributed by atoms with van der Waals surface area (Å²) < 4.78 is 11.8. The number of ether oxygens (including phenoxy) is 2. The van der Waals surface area contributed by atoms with Crippen LogP contribution in [0.25, 0.3) is 0 Å². The summed E-state index contributed by atoms with van der Waals surface area (Å²) in [5.74, 6) is 0.551. The highest BCUT2D eigenvalue weighted by Gasteiger charge is 2.28. The summed E-state index contributed by atoms with van der Waals surface area (Å²) in [5, 5.41) is 9.38. The first-order chi connectivity index (χ1) is 11.7. The van der Waals surface area contributed by atoms with Crippen molar-refractivity contribution in [2.24, 2.45) is 5.92 Å². The third-order valence-electron chi connectivity index (χ3n) is 3.65. The lowest BCUT2D eigenvalue weighted by atomic mass is 9.99. The number of halogens is 2. The molecule has 1 fully saturated rings. The van der Waals surface area contributed by atoms with Gasteiger partial charge in [-0.2, -0.15) is 5.26 Å². The molecule has 1 atom stereocenters. The predicted molar refractivity (Wildman–Crippen MR) is 97.7 cm³/mol. The first-order valence-electron chi connectivity index (χ1n) is 8.06. The normalized spacial score (nSPS) is 17.8. The van der Waals surface area contributed by atoms with Crippen molar-refractivity contribution in [1.82, 2.24) is 9.88 Å². The van der Waals surface area contributed by atoms with Crippen molar-refractivity contribution in [3.05, 3.63) is 21.4 Å². The molecular weight excluding hydrogens is 410 g/mol. The molecule has 0 aromatic carbocycles. The molecule has 0 bridgehead atoms. The largest absolute Gasteiger partial charge is 0.490 e. The van der Waals surface area contributed by atoms with Crippen LogP contribution in [0.4, 0.5) is 4.79 Å². The number of carbonyl (C=O) groups is 1. The second kappa shape index (κ2) is 8.24. The van der Waals surface area contributed by atoms with Crippen LogP contribution in [0.5, 0.6) is 5.75 Å². The average molecular weight is 431 g/mol. The number of hydrogen-bond donors (Lipinski definition) is 0. The number of aromatic nitrogens is 1. The fourth-order valence-electron chi connectivity index (χ4n) is 2.54. The van der Waals surface area contributed by atoms with Gasteiger partial charge in [-0.05, 0) is 49.5 Å². The van der Waals surface area contributed by atoms with Gasteiger partial charge >= 0.3 is 6.09 Å². The van der Waals surface area contributed by atoms with Crippen LogP contribution in [0.2, 0.25) is 5.15 Å². The van der Waals surface area contributed by atoms with E-state index in [1.54, 1.807) is 11.0 Å². The Balaban J connectivity index is 1.97. The minimum atomic E-state index is -0.510. The second-order valence-corrected chi connectivity index (χ2v) is 8.18. The highest BCUT2D eigenvalue weighted by Crippen LogP contribution is 2.28. The molecule has 1 aromatic heterocycles. The summed E-state index contributed by atoms with van der Waals surface area (Å²) >= 11 is 9.18. The summed E-state index contributed by atoms with van der Waals surface area (Å²) in [6.45, 7) is 7.20. The summed E-state index contributed by atoms with van der Waals surface area (Å²) in [5.41, 5.74) is -0.364. The highest BCUT2D eigenvalue weighted by atomic mass is 79.9. The molecule has 25 heavy (non-hydrogen) atoms. The maximum atomic E-state index is 12.2. The van der Waals surface area contributed by atoms with Crippen LogP contribution in [-0.2, 0) is 4.74 Å². The lowest BCUT2D eigenvalue weighted by Gasteiger charge is -2.34. The van der Waals surface area contributed by atoms with Crippen molar-refractivity contribution in [2.45, 2.75) is 39.2 Å². The van der Waals surface area contributed by atoms with E-state index in [0.717, 1.165) is 12.8 Å². The molecule has 1 amide bonds. The van der Waals surface area contributed by atoms with E-state index in [2.05, 4.69) is 20.9 Å². The van der Waals surface area contributed by atoms with Crippen LogP contribution in [0, 0.1) is 17.2 Å². The molecular formula is C17H21BrClN3O3. The zero-order valence-corrected chi connectivity index (χ0v) is 16.9. The van der Waals surface area contributed by atoms with Crippen molar-refractivity contribution >= 4 is 33.6 Å². The molecule has 1 unspecified atom stereocenters.